The number of aryl methyl sites for hydroxylation is 2. The van der Waals surface area contributed by atoms with Crippen molar-refractivity contribution in [1.29, 1.82) is 0 Å². The Hall–Kier alpha value is -1.69. The molecular formula is C12H18FN5. The Morgan fingerprint density at radius 2 is 2.22 bits per heavy atom. The van der Waals surface area contributed by atoms with Gasteiger partial charge >= 0.3 is 0 Å². The fraction of sp³-hybridized carbons (Fsp3) is 0.500. The van der Waals surface area contributed by atoms with E-state index in [4.69, 9.17) is 0 Å². The van der Waals surface area contributed by atoms with Gasteiger partial charge in [-0.15, -0.1) is 0 Å². The quantitative estimate of drug-likeness (QED) is 0.808. The van der Waals surface area contributed by atoms with E-state index in [0.29, 0.717) is 6.54 Å². The van der Waals surface area contributed by atoms with Crippen LogP contribution in [0.5, 0.6) is 0 Å². The lowest BCUT2D eigenvalue weighted by atomic mass is 10.3. The lowest BCUT2D eigenvalue weighted by Gasteiger charge is -2.05. The highest BCUT2D eigenvalue weighted by Crippen LogP contribution is 2.01. The highest BCUT2D eigenvalue weighted by Gasteiger charge is 2.01. The number of rotatable bonds is 7. The Bertz CT molecular complexity index is 476. The van der Waals surface area contributed by atoms with Gasteiger partial charge in [0.25, 0.3) is 0 Å². The molecule has 0 bridgehead atoms. The summed E-state index contributed by atoms with van der Waals surface area (Å²) in [5, 5.41) is 11.6. The molecule has 0 saturated carbocycles. The zero-order chi connectivity index (χ0) is 12.8. The minimum absolute atomic E-state index is 0.322. The second-order valence-electron chi connectivity index (χ2n) is 4.04. The molecule has 0 amide bonds. The molecule has 0 aromatic carbocycles. The molecule has 0 spiro atoms. The van der Waals surface area contributed by atoms with Crippen LogP contribution in [0.25, 0.3) is 0 Å². The van der Waals surface area contributed by atoms with Crippen molar-refractivity contribution in [2.45, 2.75) is 33.1 Å². The first-order chi connectivity index (χ1) is 8.83. The normalized spacial score (nSPS) is 11.0. The lowest BCUT2D eigenvalue weighted by molar-refractivity contribution is 0.427. The average molecular weight is 251 g/mol. The first-order valence-corrected chi connectivity index (χ1v) is 6.12. The summed E-state index contributed by atoms with van der Waals surface area (Å²) in [6.07, 6.45) is 5.43. The van der Waals surface area contributed by atoms with Gasteiger partial charge in [0.05, 0.1) is 18.4 Å². The van der Waals surface area contributed by atoms with E-state index in [2.05, 4.69) is 22.4 Å². The molecule has 0 atom stereocenters. The van der Waals surface area contributed by atoms with Crippen LogP contribution in [0.1, 0.15) is 18.2 Å². The molecule has 0 aliphatic carbocycles. The largest absolute Gasteiger partial charge is 0.307 e. The fourth-order valence-corrected chi connectivity index (χ4v) is 1.84. The van der Waals surface area contributed by atoms with Gasteiger partial charge in [0, 0.05) is 37.6 Å². The predicted molar refractivity (Wildman–Crippen MR) is 66.6 cm³/mol. The molecule has 98 valence electrons. The molecule has 5 nitrogen and oxygen atoms in total. The second-order valence-corrected chi connectivity index (χ2v) is 4.04. The van der Waals surface area contributed by atoms with E-state index in [0.717, 1.165) is 30.9 Å². The van der Waals surface area contributed by atoms with E-state index in [1.165, 1.54) is 0 Å². The monoisotopic (exact) mass is 251 g/mol. The van der Waals surface area contributed by atoms with Crippen molar-refractivity contribution in [3.8, 4) is 0 Å². The van der Waals surface area contributed by atoms with Gasteiger partial charge < -0.3 is 5.32 Å². The van der Waals surface area contributed by atoms with E-state index in [9.17, 15) is 4.39 Å². The van der Waals surface area contributed by atoms with Crippen molar-refractivity contribution < 1.29 is 4.39 Å². The SMILES string of the molecule is CCn1nccc1CNCc1cnn(CCF)c1. The van der Waals surface area contributed by atoms with E-state index in [1.807, 2.05) is 16.9 Å². The molecule has 0 saturated heterocycles. The Labute approximate surface area is 106 Å². The average Bonchev–Trinajstić information content (AvgIpc) is 2.99. The summed E-state index contributed by atoms with van der Waals surface area (Å²) < 4.78 is 15.7. The van der Waals surface area contributed by atoms with E-state index in [1.54, 1.807) is 17.1 Å². The Morgan fingerprint density at radius 1 is 1.33 bits per heavy atom. The Balaban J connectivity index is 1.81. The van der Waals surface area contributed by atoms with Crippen LogP contribution in [-0.2, 0) is 26.2 Å². The second kappa shape index (κ2) is 6.30. The topological polar surface area (TPSA) is 47.7 Å². The van der Waals surface area contributed by atoms with Gasteiger partial charge in [-0.05, 0) is 13.0 Å². The van der Waals surface area contributed by atoms with Crippen molar-refractivity contribution in [2.24, 2.45) is 0 Å². The molecule has 0 radical (unpaired) electrons. The van der Waals surface area contributed by atoms with Crippen LogP contribution in [0, 0.1) is 0 Å². The van der Waals surface area contributed by atoms with Gasteiger partial charge in [-0.2, -0.15) is 10.2 Å². The maximum Gasteiger partial charge on any atom is 0.109 e. The fourth-order valence-electron chi connectivity index (χ4n) is 1.84. The molecule has 6 heteroatoms. The van der Waals surface area contributed by atoms with Crippen molar-refractivity contribution in [3.05, 3.63) is 35.9 Å². The third kappa shape index (κ3) is 3.16. The van der Waals surface area contributed by atoms with Gasteiger partial charge in [0.15, 0.2) is 0 Å². The summed E-state index contributed by atoms with van der Waals surface area (Å²) in [6, 6.07) is 2.00. The third-order valence-electron chi connectivity index (χ3n) is 2.74. The van der Waals surface area contributed by atoms with Crippen molar-refractivity contribution >= 4 is 0 Å². The van der Waals surface area contributed by atoms with Gasteiger partial charge in [-0.1, -0.05) is 0 Å². The van der Waals surface area contributed by atoms with E-state index in [-0.39, 0.29) is 6.67 Å². The molecule has 2 heterocycles. The first-order valence-electron chi connectivity index (χ1n) is 6.12. The Kier molecular flexibility index (Phi) is 4.46. The van der Waals surface area contributed by atoms with Crippen LogP contribution in [0.4, 0.5) is 4.39 Å². The molecule has 2 rings (SSSR count). The number of hydrogen-bond acceptors (Lipinski definition) is 3. The molecule has 0 aliphatic heterocycles. The lowest BCUT2D eigenvalue weighted by Crippen LogP contribution is -2.15. The molecule has 18 heavy (non-hydrogen) atoms. The van der Waals surface area contributed by atoms with Gasteiger partial charge in [-0.3, -0.25) is 9.36 Å². The molecular weight excluding hydrogens is 233 g/mol. The summed E-state index contributed by atoms with van der Waals surface area (Å²) in [6.45, 7) is 4.37. The standard InChI is InChI=1S/C12H18FN5/c1-2-18-12(3-5-15-18)9-14-7-11-8-16-17(10-11)6-4-13/h3,5,8,10,14H,2,4,6-7,9H2,1H3. The molecule has 2 aromatic rings. The highest BCUT2D eigenvalue weighted by atomic mass is 19.1. The molecule has 0 unspecified atom stereocenters. The minimum Gasteiger partial charge on any atom is -0.307 e. The summed E-state index contributed by atoms with van der Waals surface area (Å²) >= 11 is 0. The predicted octanol–water partition coefficient (Wildman–Crippen LogP) is 1.36. The van der Waals surface area contributed by atoms with E-state index < -0.39 is 0 Å². The molecule has 1 N–H and O–H groups in total. The summed E-state index contributed by atoms with van der Waals surface area (Å²) in [4.78, 5) is 0. The molecule has 2 aromatic heterocycles. The van der Waals surface area contributed by atoms with Crippen LogP contribution in [0.3, 0.4) is 0 Å². The maximum absolute atomic E-state index is 12.1. The van der Waals surface area contributed by atoms with E-state index >= 15 is 0 Å². The smallest absolute Gasteiger partial charge is 0.109 e. The maximum atomic E-state index is 12.1. The van der Waals surface area contributed by atoms with Crippen LogP contribution in [-0.4, -0.2) is 26.2 Å². The molecule has 0 aliphatic rings. The number of aromatic nitrogens is 4. The summed E-state index contributed by atoms with van der Waals surface area (Å²) in [5.74, 6) is 0. The number of nitrogens with one attached hydrogen (secondary N) is 1. The van der Waals surface area contributed by atoms with Gasteiger partial charge in [0.2, 0.25) is 0 Å². The zero-order valence-corrected chi connectivity index (χ0v) is 10.5. The Morgan fingerprint density at radius 3 is 3.00 bits per heavy atom. The number of nitrogens with zero attached hydrogens (tertiary/aromatic N) is 4. The number of alkyl halides is 1. The van der Waals surface area contributed by atoms with Crippen LogP contribution >= 0.6 is 0 Å². The summed E-state index contributed by atoms with van der Waals surface area (Å²) in [5.41, 5.74) is 2.22. The van der Waals surface area contributed by atoms with Crippen molar-refractivity contribution in [1.82, 2.24) is 24.9 Å². The minimum atomic E-state index is -0.385. The summed E-state index contributed by atoms with van der Waals surface area (Å²) in [7, 11) is 0. The van der Waals surface area contributed by atoms with Gasteiger partial charge in [0.1, 0.15) is 6.67 Å². The van der Waals surface area contributed by atoms with Crippen LogP contribution in [0.2, 0.25) is 0 Å². The highest BCUT2D eigenvalue weighted by molar-refractivity contribution is 5.05. The number of halogens is 1. The van der Waals surface area contributed by atoms with Crippen molar-refractivity contribution in [3.63, 3.8) is 0 Å². The van der Waals surface area contributed by atoms with Crippen LogP contribution < -0.4 is 5.32 Å². The van der Waals surface area contributed by atoms with Crippen molar-refractivity contribution in [2.75, 3.05) is 6.67 Å². The zero-order valence-electron chi connectivity index (χ0n) is 10.5. The first kappa shape index (κ1) is 12.8. The van der Waals surface area contributed by atoms with Gasteiger partial charge in [-0.25, -0.2) is 4.39 Å². The van der Waals surface area contributed by atoms with Crippen LogP contribution in [0.15, 0.2) is 24.7 Å². The third-order valence-corrected chi connectivity index (χ3v) is 2.74. The number of hydrogen-bond donors (Lipinski definition) is 1. The molecule has 0 fully saturated rings.